The molecule has 0 bridgehead atoms. The van der Waals surface area contributed by atoms with Crippen molar-refractivity contribution in [1.29, 1.82) is 0 Å². The SMILES string of the molecule is CCCCCCCCC(CCCCCCCC)OC(=O)CCCCCCC(=O)OCC(COC(=O)CCCCCCC(=O)OC(CCCCCCCC)CCCCCCCC)COC(=O)OCCN(C)CCN(C)C. The summed E-state index contributed by atoms with van der Waals surface area (Å²) in [5.74, 6) is -1.55. The van der Waals surface area contributed by atoms with Gasteiger partial charge in [0.1, 0.15) is 38.6 Å². The van der Waals surface area contributed by atoms with E-state index in [-0.39, 0.29) is 75.4 Å². The third kappa shape index (κ3) is 51.6. The third-order valence-corrected chi connectivity index (χ3v) is 14.2. The normalized spacial score (nSPS) is 11.6. The molecule has 0 rings (SSSR count). The predicted molar refractivity (Wildman–Crippen MR) is 306 cm³/mol. The molecule has 13 nitrogen and oxygen atoms in total. The van der Waals surface area contributed by atoms with Crippen molar-refractivity contribution in [3.05, 3.63) is 0 Å². The van der Waals surface area contributed by atoms with Gasteiger partial charge in [-0.25, -0.2) is 4.79 Å². The molecule has 0 saturated heterocycles. The van der Waals surface area contributed by atoms with Gasteiger partial charge in [-0.05, 0) is 98.2 Å². The van der Waals surface area contributed by atoms with Gasteiger partial charge in [-0.15, -0.1) is 0 Å². The summed E-state index contributed by atoms with van der Waals surface area (Å²) in [6.07, 6.45) is 39.5. The summed E-state index contributed by atoms with van der Waals surface area (Å²) in [5.41, 5.74) is 0. The topological polar surface area (TPSA) is 147 Å². The van der Waals surface area contributed by atoms with Gasteiger partial charge in [0.2, 0.25) is 0 Å². The Morgan fingerprint density at radius 1 is 0.333 bits per heavy atom. The van der Waals surface area contributed by atoms with E-state index in [1.165, 1.54) is 128 Å². The molecule has 0 aliphatic carbocycles. The first-order valence-corrected chi connectivity index (χ1v) is 31.3. The Hall–Kier alpha value is -2.93. The van der Waals surface area contributed by atoms with Crippen molar-refractivity contribution in [3.63, 3.8) is 0 Å². The largest absolute Gasteiger partial charge is 0.508 e. The first-order valence-electron chi connectivity index (χ1n) is 31.3. The van der Waals surface area contributed by atoms with Gasteiger partial charge in [0.15, 0.2) is 0 Å². The zero-order valence-electron chi connectivity index (χ0n) is 49.9. The average molecular weight is 1070 g/mol. The molecule has 442 valence electrons. The highest BCUT2D eigenvalue weighted by atomic mass is 16.7. The van der Waals surface area contributed by atoms with Gasteiger partial charge in [-0.3, -0.25) is 19.2 Å². The van der Waals surface area contributed by atoms with Crippen molar-refractivity contribution in [1.82, 2.24) is 9.80 Å². The number of carbonyl (C=O) groups is 5. The van der Waals surface area contributed by atoms with E-state index >= 15 is 0 Å². The van der Waals surface area contributed by atoms with E-state index < -0.39 is 12.1 Å². The monoisotopic (exact) mass is 1070 g/mol. The Balaban J connectivity index is 4.90. The van der Waals surface area contributed by atoms with E-state index in [1.807, 2.05) is 21.1 Å². The van der Waals surface area contributed by atoms with E-state index in [1.54, 1.807) is 0 Å². The maximum Gasteiger partial charge on any atom is 0.508 e. The molecule has 0 fully saturated rings. The molecule has 13 heteroatoms. The standard InChI is InChI=1S/C62H118N2O11/c1-8-12-16-20-24-32-40-56(41-33-25-21-17-13-9-2)74-60(67)46-38-30-28-36-44-58(65)71-52-55(54-73-62(69)70-51-50-64(7)49-48-63(5)6)53-72-59(66)45-37-29-31-39-47-61(68)75-57(42-34-26-22-18-14-10-3)43-35-27-23-19-15-11-4/h55-57H,8-54H2,1-7H3. The number of ether oxygens (including phenoxy) is 6. The number of esters is 4. The van der Waals surface area contributed by atoms with E-state index in [0.717, 1.165) is 103 Å². The van der Waals surface area contributed by atoms with E-state index in [0.29, 0.717) is 32.2 Å². The van der Waals surface area contributed by atoms with Crippen LogP contribution in [0.3, 0.4) is 0 Å². The summed E-state index contributed by atoms with van der Waals surface area (Å²) in [6.45, 7) is 11.1. The van der Waals surface area contributed by atoms with Crippen molar-refractivity contribution in [2.24, 2.45) is 5.92 Å². The Labute approximate surface area is 460 Å². The highest BCUT2D eigenvalue weighted by Crippen LogP contribution is 2.21. The van der Waals surface area contributed by atoms with Crippen LogP contribution in [0.5, 0.6) is 0 Å². The Kier molecular flexibility index (Phi) is 52.3. The number of hydrogen-bond donors (Lipinski definition) is 0. The van der Waals surface area contributed by atoms with Gasteiger partial charge in [0.25, 0.3) is 0 Å². The smallest absolute Gasteiger partial charge is 0.465 e. The van der Waals surface area contributed by atoms with Crippen molar-refractivity contribution < 1.29 is 52.4 Å². The molecule has 0 spiro atoms. The molecule has 0 amide bonds. The van der Waals surface area contributed by atoms with Crippen molar-refractivity contribution >= 4 is 30.0 Å². The second kappa shape index (κ2) is 54.4. The lowest BCUT2D eigenvalue weighted by atomic mass is 10.0. The third-order valence-electron chi connectivity index (χ3n) is 14.2. The van der Waals surface area contributed by atoms with Crippen molar-refractivity contribution in [3.8, 4) is 0 Å². The van der Waals surface area contributed by atoms with Crippen LogP contribution >= 0.6 is 0 Å². The van der Waals surface area contributed by atoms with E-state index in [9.17, 15) is 24.0 Å². The average Bonchev–Trinajstić information content (AvgIpc) is 3.38. The second-order valence-corrected chi connectivity index (χ2v) is 22.0. The van der Waals surface area contributed by atoms with Gasteiger partial charge in [-0.2, -0.15) is 0 Å². The number of unbranched alkanes of at least 4 members (excludes halogenated alkanes) is 26. The number of rotatable bonds is 56. The molecule has 0 N–H and O–H groups in total. The van der Waals surface area contributed by atoms with Crippen LogP contribution in [-0.4, -0.2) is 119 Å². The molecule has 0 aromatic heterocycles. The van der Waals surface area contributed by atoms with Gasteiger partial charge < -0.3 is 38.2 Å². The van der Waals surface area contributed by atoms with Gasteiger partial charge in [0.05, 0.1) is 5.92 Å². The minimum Gasteiger partial charge on any atom is -0.465 e. The first kappa shape index (κ1) is 72.1. The molecular weight excluding hydrogens is 949 g/mol. The fraction of sp³-hybridized carbons (Fsp3) is 0.919. The minimum atomic E-state index is -0.830. The summed E-state index contributed by atoms with van der Waals surface area (Å²) in [6, 6.07) is 0. The Morgan fingerprint density at radius 2 is 0.640 bits per heavy atom. The van der Waals surface area contributed by atoms with Crippen molar-refractivity contribution in [2.75, 3.05) is 67.2 Å². The molecule has 0 aliphatic heterocycles. The first-order chi connectivity index (χ1) is 36.4. The van der Waals surface area contributed by atoms with Gasteiger partial charge in [0, 0.05) is 45.3 Å². The van der Waals surface area contributed by atoms with Crippen LogP contribution in [0.25, 0.3) is 0 Å². The fourth-order valence-electron chi connectivity index (χ4n) is 9.11. The molecule has 0 aromatic rings. The Morgan fingerprint density at radius 3 is 0.987 bits per heavy atom. The fourth-order valence-corrected chi connectivity index (χ4v) is 9.11. The predicted octanol–water partition coefficient (Wildman–Crippen LogP) is 15.8. The zero-order chi connectivity index (χ0) is 55.3. The van der Waals surface area contributed by atoms with Gasteiger partial charge in [-0.1, -0.05) is 182 Å². The molecule has 0 aliphatic rings. The van der Waals surface area contributed by atoms with Crippen LogP contribution in [0.2, 0.25) is 0 Å². The van der Waals surface area contributed by atoms with Crippen LogP contribution in [0.4, 0.5) is 4.79 Å². The lowest BCUT2D eigenvalue weighted by Gasteiger charge is -2.19. The van der Waals surface area contributed by atoms with Crippen LogP contribution < -0.4 is 0 Å². The quantitative estimate of drug-likeness (QED) is 0.0324. The Bertz CT molecular complexity index is 1220. The molecule has 0 aromatic carbocycles. The maximum atomic E-state index is 12.9. The minimum absolute atomic E-state index is 0.00950. The van der Waals surface area contributed by atoms with Crippen LogP contribution in [0, 0.1) is 5.92 Å². The molecule has 0 radical (unpaired) electrons. The number of likely N-dealkylation sites (N-methyl/N-ethyl adjacent to an activating group) is 2. The van der Waals surface area contributed by atoms with E-state index in [4.69, 9.17) is 28.4 Å². The number of nitrogens with zero attached hydrogens (tertiary/aromatic N) is 2. The summed E-state index contributed by atoms with van der Waals surface area (Å²) < 4.78 is 33.9. The molecule has 0 atom stereocenters. The highest BCUT2D eigenvalue weighted by molar-refractivity contribution is 5.70. The summed E-state index contributed by atoms with van der Waals surface area (Å²) in [5, 5.41) is 0. The number of carbonyl (C=O) groups excluding carboxylic acids is 5. The summed E-state index contributed by atoms with van der Waals surface area (Å²) in [4.78, 5) is 68.0. The van der Waals surface area contributed by atoms with Crippen LogP contribution in [0.1, 0.15) is 285 Å². The molecular formula is C62H118N2O11. The van der Waals surface area contributed by atoms with Crippen LogP contribution in [-0.2, 0) is 47.6 Å². The molecule has 0 unspecified atom stereocenters. The van der Waals surface area contributed by atoms with Gasteiger partial charge >= 0.3 is 30.0 Å². The van der Waals surface area contributed by atoms with Crippen molar-refractivity contribution in [2.45, 2.75) is 297 Å². The summed E-state index contributed by atoms with van der Waals surface area (Å²) in [7, 11) is 5.97. The zero-order valence-corrected chi connectivity index (χ0v) is 49.9. The summed E-state index contributed by atoms with van der Waals surface area (Å²) >= 11 is 0. The molecule has 0 heterocycles. The van der Waals surface area contributed by atoms with Crippen LogP contribution in [0.15, 0.2) is 0 Å². The molecule has 0 saturated carbocycles. The molecule has 75 heavy (non-hydrogen) atoms. The van der Waals surface area contributed by atoms with E-state index in [2.05, 4.69) is 37.5 Å². The highest BCUT2D eigenvalue weighted by Gasteiger charge is 2.20. The maximum absolute atomic E-state index is 12.9. The lowest BCUT2D eigenvalue weighted by molar-refractivity contribution is -0.151. The number of hydrogen-bond acceptors (Lipinski definition) is 13. The lowest BCUT2D eigenvalue weighted by Crippen LogP contribution is -2.32. The second-order valence-electron chi connectivity index (χ2n) is 22.0.